The smallest absolute Gasteiger partial charge is 0.250 e. The Bertz CT molecular complexity index is 1510. The molecule has 0 saturated heterocycles. The van der Waals surface area contributed by atoms with Crippen molar-refractivity contribution in [3.63, 3.8) is 0 Å². The van der Waals surface area contributed by atoms with Gasteiger partial charge in [-0.25, -0.2) is 10.0 Å². The molecule has 9 heteroatoms. The number of aromatic amines is 1. The van der Waals surface area contributed by atoms with Gasteiger partial charge in [-0.15, -0.1) is 0 Å². The van der Waals surface area contributed by atoms with Crippen LogP contribution in [0.25, 0.3) is 0 Å². The van der Waals surface area contributed by atoms with Gasteiger partial charge < -0.3 is 9.72 Å². The van der Waals surface area contributed by atoms with E-state index in [0.29, 0.717) is 17.8 Å². The molecule has 2 aliphatic carbocycles. The molecule has 2 saturated carbocycles. The van der Waals surface area contributed by atoms with Crippen LogP contribution in [0.15, 0.2) is 42.5 Å². The van der Waals surface area contributed by atoms with E-state index in [1.165, 1.54) is 35.8 Å². The molecule has 3 aliphatic rings. The predicted octanol–water partition coefficient (Wildman–Crippen LogP) is 6.62. The van der Waals surface area contributed by atoms with Crippen molar-refractivity contribution in [1.29, 1.82) is 0 Å². The summed E-state index contributed by atoms with van der Waals surface area (Å²) in [4.78, 5) is 36.4. The van der Waals surface area contributed by atoms with Gasteiger partial charge in [0.1, 0.15) is 5.75 Å². The van der Waals surface area contributed by atoms with Gasteiger partial charge in [0.25, 0.3) is 0 Å². The molecule has 6 rings (SSSR count). The van der Waals surface area contributed by atoms with Crippen LogP contribution in [0, 0.1) is 23.7 Å². The average Bonchev–Trinajstić information content (AvgIpc) is 3.42. The topological polar surface area (TPSA) is 96.5 Å². The van der Waals surface area contributed by atoms with Crippen molar-refractivity contribution >= 4 is 29.4 Å². The Hall–Kier alpha value is -3.36. The summed E-state index contributed by atoms with van der Waals surface area (Å²) in [5.74, 6) is 2.39. The highest BCUT2D eigenvalue weighted by atomic mass is 35.5. The van der Waals surface area contributed by atoms with Gasteiger partial charge in [-0.05, 0) is 53.0 Å². The number of carbonyl (C=O) groups excluding carboxylic acids is 2. The molecule has 4 atom stereocenters. The minimum atomic E-state index is -0.123. The lowest BCUT2D eigenvalue weighted by molar-refractivity contribution is -0.171. The maximum Gasteiger partial charge on any atom is 0.250 e. The number of ether oxygens (including phenoxy) is 1. The lowest BCUT2D eigenvalue weighted by atomic mass is 9.96. The van der Waals surface area contributed by atoms with Crippen LogP contribution < -0.4 is 10.1 Å². The van der Waals surface area contributed by atoms with Crippen LogP contribution in [0.2, 0.25) is 5.02 Å². The molecule has 0 unspecified atom stereocenters. The Morgan fingerprint density at radius 2 is 1.81 bits per heavy atom. The number of anilines is 1. The fraction of sp³-hybridized carbons (Fsp3) is 0.485. The van der Waals surface area contributed by atoms with Crippen molar-refractivity contribution < 1.29 is 19.2 Å². The van der Waals surface area contributed by atoms with Crippen molar-refractivity contribution in [2.45, 2.75) is 65.7 Å². The molecule has 1 aromatic heterocycles. The molecule has 0 bridgehead atoms. The molecule has 224 valence electrons. The fourth-order valence-corrected chi connectivity index (χ4v) is 7.18. The van der Waals surface area contributed by atoms with Crippen LogP contribution in [-0.4, -0.2) is 47.6 Å². The number of carbonyl (C=O) groups is 2. The number of hydrogen-bond donors (Lipinski definition) is 2. The van der Waals surface area contributed by atoms with Crippen molar-refractivity contribution in [2.24, 2.45) is 16.7 Å². The van der Waals surface area contributed by atoms with Crippen LogP contribution >= 0.6 is 11.6 Å². The maximum atomic E-state index is 12.4. The van der Waals surface area contributed by atoms with E-state index in [1.807, 2.05) is 37.3 Å². The molecular weight excluding hydrogens is 552 g/mol. The minimum absolute atomic E-state index is 0.0143. The van der Waals surface area contributed by atoms with Gasteiger partial charge in [0, 0.05) is 48.5 Å². The monoisotopic (exact) mass is 592 g/mol. The van der Waals surface area contributed by atoms with Gasteiger partial charge >= 0.3 is 0 Å². The Morgan fingerprint density at radius 3 is 2.48 bits per heavy atom. The summed E-state index contributed by atoms with van der Waals surface area (Å²) in [6.45, 7) is 13.0. The molecule has 42 heavy (non-hydrogen) atoms. The molecule has 8 nitrogen and oxygen atoms in total. The predicted molar refractivity (Wildman–Crippen MR) is 164 cm³/mol. The van der Waals surface area contributed by atoms with Gasteiger partial charge in [0.05, 0.1) is 25.3 Å². The van der Waals surface area contributed by atoms with Crippen LogP contribution in [0.5, 0.6) is 5.75 Å². The quantitative estimate of drug-likeness (QED) is 0.314. The van der Waals surface area contributed by atoms with E-state index in [-0.39, 0.29) is 34.5 Å². The standard InChI is InChI=1S/C17H20ClN3O.C16H21NO3/c1-9-15(21-16(19-9)20-10(2)22)14-13(17(14,3)4)11-6-5-7-12(18)8-11;1-16(2)13(14(16)15(18)17(3)19-4)11-6-5-7-12-10(11)8-9-20-12/h5-8,13-14H,1-4H3,(H2,19,20,21,22);5-7,13-14H,8-9H2,1-4H3/t2*13-,14+/m11/s1. The number of hydrogen-bond acceptors (Lipinski definition) is 5. The number of halogens is 1. The summed E-state index contributed by atoms with van der Waals surface area (Å²) in [5.41, 5.74) is 5.92. The Labute approximate surface area is 253 Å². The highest BCUT2D eigenvalue weighted by molar-refractivity contribution is 6.30. The Balaban J connectivity index is 0.000000169. The number of fused-ring (bicyclic) bond motifs is 1. The zero-order valence-corrected chi connectivity index (χ0v) is 26.4. The molecule has 0 radical (unpaired) electrons. The van der Waals surface area contributed by atoms with Crippen LogP contribution in [-0.2, 0) is 20.8 Å². The van der Waals surface area contributed by atoms with E-state index in [0.717, 1.165) is 35.2 Å². The molecule has 2 N–H and O–H groups in total. The van der Waals surface area contributed by atoms with Gasteiger partial charge in [-0.1, -0.05) is 63.6 Å². The number of hydroxylamine groups is 2. The number of rotatable bonds is 6. The number of aryl methyl sites for hydroxylation is 1. The summed E-state index contributed by atoms with van der Waals surface area (Å²) in [6.07, 6.45) is 0.944. The van der Waals surface area contributed by atoms with Gasteiger partial charge in [0.15, 0.2) is 0 Å². The second kappa shape index (κ2) is 11.0. The third-order valence-electron chi connectivity index (χ3n) is 9.34. The van der Waals surface area contributed by atoms with Crippen LogP contribution in [0.1, 0.15) is 80.5 Å². The first kappa shape index (κ1) is 30.1. The number of amides is 2. The van der Waals surface area contributed by atoms with Crippen molar-refractivity contribution in [3.8, 4) is 5.75 Å². The van der Waals surface area contributed by atoms with Crippen molar-refractivity contribution in [2.75, 3.05) is 26.1 Å². The number of nitrogens with zero attached hydrogens (tertiary/aromatic N) is 2. The zero-order chi connectivity index (χ0) is 30.6. The number of H-pyrrole nitrogens is 1. The second-order valence-corrected chi connectivity index (χ2v) is 13.3. The number of aromatic nitrogens is 2. The third kappa shape index (κ3) is 5.42. The largest absolute Gasteiger partial charge is 0.493 e. The zero-order valence-electron chi connectivity index (χ0n) is 25.7. The van der Waals surface area contributed by atoms with E-state index in [1.54, 1.807) is 7.05 Å². The molecule has 2 heterocycles. The number of nitrogens with one attached hydrogen (secondary N) is 2. The van der Waals surface area contributed by atoms with E-state index in [2.05, 4.69) is 55.1 Å². The Morgan fingerprint density at radius 1 is 1.10 bits per heavy atom. The maximum absolute atomic E-state index is 12.4. The normalized spacial score (nSPS) is 24.0. The summed E-state index contributed by atoms with van der Waals surface area (Å²) in [5, 5.41) is 4.81. The summed E-state index contributed by atoms with van der Waals surface area (Å²) in [7, 11) is 3.20. The third-order valence-corrected chi connectivity index (χ3v) is 9.57. The molecule has 2 fully saturated rings. The lowest BCUT2D eigenvalue weighted by Gasteiger charge is -2.14. The Kier molecular flexibility index (Phi) is 7.92. The molecule has 1 aliphatic heterocycles. The number of benzene rings is 2. The van der Waals surface area contributed by atoms with Gasteiger partial charge in [-0.3, -0.25) is 19.7 Å². The fourth-order valence-electron chi connectivity index (χ4n) is 6.98. The van der Waals surface area contributed by atoms with E-state index < -0.39 is 0 Å². The molecule has 2 amide bonds. The summed E-state index contributed by atoms with van der Waals surface area (Å²) in [6, 6.07) is 14.2. The molecular formula is C33H41ClN4O4. The van der Waals surface area contributed by atoms with Crippen LogP contribution in [0.3, 0.4) is 0 Å². The van der Waals surface area contributed by atoms with E-state index in [9.17, 15) is 9.59 Å². The van der Waals surface area contributed by atoms with Crippen molar-refractivity contribution in [1.82, 2.24) is 15.0 Å². The second-order valence-electron chi connectivity index (χ2n) is 12.8. The van der Waals surface area contributed by atoms with E-state index in [4.69, 9.17) is 21.2 Å². The molecule has 2 aromatic carbocycles. The summed E-state index contributed by atoms with van der Waals surface area (Å²) < 4.78 is 5.63. The highest BCUT2D eigenvalue weighted by Crippen LogP contribution is 2.70. The highest BCUT2D eigenvalue weighted by Gasteiger charge is 2.64. The molecule has 3 aromatic rings. The first-order chi connectivity index (χ1) is 19.8. The SMILES string of the molecule is CC(=O)Nc1nc([C@@H]2[C@@H](c3cccc(Cl)c3)C2(C)C)c(C)[nH]1.CON(C)C(=O)[C@@H]1[C@@H](c2cccc3c2CCO3)C1(C)C. The van der Waals surface area contributed by atoms with E-state index >= 15 is 0 Å². The first-order valence-electron chi connectivity index (χ1n) is 14.4. The average molecular weight is 593 g/mol. The first-order valence-corrected chi connectivity index (χ1v) is 14.8. The number of imidazole rings is 1. The van der Waals surface area contributed by atoms with Crippen LogP contribution in [0.4, 0.5) is 5.95 Å². The molecule has 0 spiro atoms. The minimum Gasteiger partial charge on any atom is -0.493 e. The van der Waals surface area contributed by atoms with Gasteiger partial charge in [0.2, 0.25) is 17.8 Å². The lowest BCUT2D eigenvalue weighted by Crippen LogP contribution is -2.28. The van der Waals surface area contributed by atoms with Crippen molar-refractivity contribution in [3.05, 3.63) is 75.6 Å². The van der Waals surface area contributed by atoms with Gasteiger partial charge in [-0.2, -0.15) is 0 Å². The summed E-state index contributed by atoms with van der Waals surface area (Å²) >= 11 is 6.13.